The number of carbonyl (C=O) groups is 1. The Kier molecular flexibility index (Phi) is 6.27. The molecule has 3 rings (SSSR count). The highest BCUT2D eigenvalue weighted by atomic mass is 16.5. The van der Waals surface area contributed by atoms with E-state index in [1.807, 2.05) is 56.3 Å². The van der Waals surface area contributed by atoms with E-state index in [1.54, 1.807) is 18.2 Å². The van der Waals surface area contributed by atoms with Gasteiger partial charge in [-0.3, -0.25) is 0 Å². The largest absolute Gasteiger partial charge is 0.490 e. The molecule has 0 spiro atoms. The van der Waals surface area contributed by atoms with Crippen LogP contribution in [0, 0.1) is 0 Å². The first-order valence-electron chi connectivity index (χ1n) is 9.33. The van der Waals surface area contributed by atoms with Gasteiger partial charge in [0.1, 0.15) is 0 Å². The molecular formula is C23H23NO4. The zero-order chi connectivity index (χ0) is 19.9. The van der Waals surface area contributed by atoms with Crippen molar-refractivity contribution >= 4 is 29.0 Å². The van der Waals surface area contributed by atoms with E-state index in [1.165, 1.54) is 0 Å². The molecular weight excluding hydrogens is 354 g/mol. The van der Waals surface area contributed by atoms with Crippen LogP contribution in [0.25, 0.3) is 23.1 Å². The van der Waals surface area contributed by atoms with Crippen molar-refractivity contribution in [3.05, 3.63) is 65.4 Å². The monoisotopic (exact) mass is 377 g/mol. The van der Waals surface area contributed by atoms with Gasteiger partial charge in [0.05, 0.1) is 30.0 Å². The molecule has 0 aliphatic rings. The lowest BCUT2D eigenvalue weighted by atomic mass is 10.1. The Labute approximate surface area is 164 Å². The van der Waals surface area contributed by atoms with Gasteiger partial charge in [-0.2, -0.15) is 0 Å². The number of aromatic nitrogens is 1. The maximum absolute atomic E-state index is 11.6. The number of hydrogen-bond acceptors (Lipinski definition) is 4. The standard InChI is InChI=1S/C23H23NO4/c1-3-14-28-22-16(8-7-11-21(22)27-4-2)12-13-17-15-19(23(25)26)18-9-5-6-10-20(18)24-17/h5-13,15H,3-4,14H2,1-2H3,(H,25,26)/b13-12+. The lowest BCUT2D eigenvalue weighted by Crippen LogP contribution is -2.01. The zero-order valence-electron chi connectivity index (χ0n) is 16.0. The van der Waals surface area contributed by atoms with Gasteiger partial charge in [0.2, 0.25) is 0 Å². The highest BCUT2D eigenvalue weighted by Gasteiger charge is 2.12. The molecule has 0 bridgehead atoms. The molecule has 5 heteroatoms. The summed E-state index contributed by atoms with van der Waals surface area (Å²) in [5.74, 6) is 0.399. The maximum Gasteiger partial charge on any atom is 0.336 e. The van der Waals surface area contributed by atoms with Crippen LogP contribution in [0.4, 0.5) is 0 Å². The summed E-state index contributed by atoms with van der Waals surface area (Å²) in [7, 11) is 0. The third kappa shape index (κ3) is 4.31. The van der Waals surface area contributed by atoms with E-state index in [0.717, 1.165) is 12.0 Å². The summed E-state index contributed by atoms with van der Waals surface area (Å²) in [4.78, 5) is 16.2. The van der Waals surface area contributed by atoms with E-state index in [2.05, 4.69) is 4.98 Å². The van der Waals surface area contributed by atoms with Gasteiger partial charge in [-0.05, 0) is 43.7 Å². The second-order valence-corrected chi connectivity index (χ2v) is 6.21. The topological polar surface area (TPSA) is 68.7 Å². The van der Waals surface area contributed by atoms with Gasteiger partial charge in [-0.15, -0.1) is 0 Å². The number of fused-ring (bicyclic) bond motifs is 1. The van der Waals surface area contributed by atoms with E-state index in [4.69, 9.17) is 9.47 Å². The average molecular weight is 377 g/mol. The molecule has 0 aliphatic carbocycles. The van der Waals surface area contributed by atoms with Crippen molar-refractivity contribution in [1.82, 2.24) is 4.98 Å². The minimum atomic E-state index is -0.974. The molecule has 1 heterocycles. The van der Waals surface area contributed by atoms with Gasteiger partial charge in [0.25, 0.3) is 0 Å². The smallest absolute Gasteiger partial charge is 0.336 e. The number of ether oxygens (including phenoxy) is 2. The minimum absolute atomic E-state index is 0.232. The summed E-state index contributed by atoms with van der Waals surface area (Å²) in [6, 6.07) is 14.5. The van der Waals surface area contributed by atoms with Crippen molar-refractivity contribution in [3.63, 3.8) is 0 Å². The number of para-hydroxylation sites is 2. The maximum atomic E-state index is 11.6. The first-order valence-corrected chi connectivity index (χ1v) is 9.33. The van der Waals surface area contributed by atoms with E-state index in [9.17, 15) is 9.90 Å². The Morgan fingerprint density at radius 3 is 2.64 bits per heavy atom. The molecule has 0 atom stereocenters. The summed E-state index contributed by atoms with van der Waals surface area (Å²) in [6.07, 6.45) is 4.55. The number of aromatic carboxylic acids is 1. The molecule has 0 aliphatic heterocycles. The number of pyridine rings is 1. The Hall–Kier alpha value is -3.34. The second-order valence-electron chi connectivity index (χ2n) is 6.21. The summed E-state index contributed by atoms with van der Waals surface area (Å²) in [5.41, 5.74) is 2.30. The molecule has 0 fully saturated rings. The van der Waals surface area contributed by atoms with E-state index in [0.29, 0.717) is 41.3 Å². The third-order valence-corrected chi connectivity index (χ3v) is 4.16. The van der Waals surface area contributed by atoms with Crippen molar-refractivity contribution in [1.29, 1.82) is 0 Å². The lowest BCUT2D eigenvalue weighted by molar-refractivity contribution is 0.0699. The predicted molar refractivity (Wildman–Crippen MR) is 111 cm³/mol. The van der Waals surface area contributed by atoms with Crippen molar-refractivity contribution in [2.45, 2.75) is 20.3 Å². The average Bonchev–Trinajstić information content (AvgIpc) is 2.71. The van der Waals surface area contributed by atoms with Gasteiger partial charge < -0.3 is 14.6 Å². The highest BCUT2D eigenvalue weighted by Crippen LogP contribution is 2.33. The first-order chi connectivity index (χ1) is 13.6. The number of carboxylic acids is 1. The van der Waals surface area contributed by atoms with Crippen LogP contribution in [0.5, 0.6) is 11.5 Å². The molecule has 5 nitrogen and oxygen atoms in total. The SMILES string of the molecule is CCCOc1c(/C=C/c2cc(C(=O)O)c3ccccc3n2)cccc1OCC. The molecule has 0 saturated carbocycles. The molecule has 144 valence electrons. The number of nitrogens with zero attached hydrogens (tertiary/aromatic N) is 1. The van der Waals surface area contributed by atoms with Crippen LogP contribution < -0.4 is 9.47 Å². The van der Waals surface area contributed by atoms with Crippen molar-refractivity contribution in [2.24, 2.45) is 0 Å². The van der Waals surface area contributed by atoms with Crippen LogP contribution >= 0.6 is 0 Å². The molecule has 1 aromatic heterocycles. The Bertz CT molecular complexity index is 1010. The van der Waals surface area contributed by atoms with Crippen LogP contribution in [-0.2, 0) is 0 Å². The Morgan fingerprint density at radius 2 is 1.89 bits per heavy atom. The van der Waals surface area contributed by atoms with Crippen LogP contribution in [0.15, 0.2) is 48.5 Å². The molecule has 1 N–H and O–H groups in total. The fraction of sp³-hybridized carbons (Fsp3) is 0.217. The third-order valence-electron chi connectivity index (χ3n) is 4.16. The van der Waals surface area contributed by atoms with E-state index < -0.39 is 5.97 Å². The molecule has 2 aromatic carbocycles. The van der Waals surface area contributed by atoms with Crippen LogP contribution in [0.1, 0.15) is 41.9 Å². The highest BCUT2D eigenvalue weighted by molar-refractivity contribution is 6.03. The fourth-order valence-electron chi connectivity index (χ4n) is 2.93. The summed E-state index contributed by atoms with van der Waals surface area (Å²) in [5, 5.41) is 10.2. The van der Waals surface area contributed by atoms with Gasteiger partial charge in [-0.1, -0.05) is 37.3 Å². The van der Waals surface area contributed by atoms with Crippen molar-refractivity contribution in [3.8, 4) is 11.5 Å². The van der Waals surface area contributed by atoms with Gasteiger partial charge in [0.15, 0.2) is 11.5 Å². The Balaban J connectivity index is 2.02. The summed E-state index contributed by atoms with van der Waals surface area (Å²) >= 11 is 0. The lowest BCUT2D eigenvalue weighted by Gasteiger charge is -2.14. The van der Waals surface area contributed by atoms with Crippen molar-refractivity contribution < 1.29 is 19.4 Å². The molecule has 0 amide bonds. The van der Waals surface area contributed by atoms with Crippen LogP contribution in [-0.4, -0.2) is 29.3 Å². The molecule has 0 radical (unpaired) electrons. The molecule has 28 heavy (non-hydrogen) atoms. The van der Waals surface area contributed by atoms with E-state index in [-0.39, 0.29) is 5.56 Å². The number of benzene rings is 2. The number of rotatable bonds is 8. The summed E-state index contributed by atoms with van der Waals surface area (Å²) in [6.45, 7) is 5.11. The fourth-order valence-corrected chi connectivity index (χ4v) is 2.93. The molecule has 0 unspecified atom stereocenters. The molecule has 3 aromatic rings. The first kappa shape index (κ1) is 19.4. The number of hydrogen-bond donors (Lipinski definition) is 1. The zero-order valence-corrected chi connectivity index (χ0v) is 16.0. The summed E-state index contributed by atoms with van der Waals surface area (Å²) < 4.78 is 11.6. The normalized spacial score (nSPS) is 11.1. The van der Waals surface area contributed by atoms with Gasteiger partial charge >= 0.3 is 5.97 Å². The van der Waals surface area contributed by atoms with Gasteiger partial charge in [-0.25, -0.2) is 9.78 Å². The predicted octanol–water partition coefficient (Wildman–Crippen LogP) is 5.29. The quantitative estimate of drug-likeness (QED) is 0.577. The van der Waals surface area contributed by atoms with Gasteiger partial charge in [0, 0.05) is 10.9 Å². The minimum Gasteiger partial charge on any atom is -0.490 e. The Morgan fingerprint density at radius 1 is 1.07 bits per heavy atom. The second kappa shape index (κ2) is 9.04. The van der Waals surface area contributed by atoms with Crippen LogP contribution in [0.2, 0.25) is 0 Å². The van der Waals surface area contributed by atoms with Crippen LogP contribution in [0.3, 0.4) is 0 Å². The van der Waals surface area contributed by atoms with Crippen molar-refractivity contribution in [2.75, 3.05) is 13.2 Å². The van der Waals surface area contributed by atoms with E-state index >= 15 is 0 Å². The number of carboxylic acid groups (broad SMARTS) is 1. The molecule has 0 saturated heterocycles.